The van der Waals surface area contributed by atoms with E-state index in [1.54, 1.807) is 0 Å². The average molecular weight is 1290 g/mol. The number of hydrogen-bond donors (Lipinski definition) is 2. The van der Waals surface area contributed by atoms with Gasteiger partial charge < -0.3 is 19.9 Å². The molecule has 9 heteroatoms. The molecular formula is C84H98N8Zn. The molecule has 0 amide bonds. The Bertz CT molecular complexity index is 3570. The first kappa shape index (κ1) is 70.6. The van der Waals surface area contributed by atoms with Gasteiger partial charge in [-0.2, -0.15) is 0 Å². The smallest absolute Gasteiger partial charge is 0.659 e. The number of benzene rings is 6. The minimum Gasteiger partial charge on any atom is -0.659 e. The maximum Gasteiger partial charge on any atom is 2.00 e. The van der Waals surface area contributed by atoms with E-state index in [9.17, 15) is 0 Å². The Labute approximate surface area is 569 Å². The van der Waals surface area contributed by atoms with Crippen molar-refractivity contribution in [2.24, 2.45) is 20.0 Å². The van der Waals surface area contributed by atoms with Gasteiger partial charge in [0.15, 0.2) is 0 Å². The minimum absolute atomic E-state index is 0. The van der Waals surface area contributed by atoms with Crippen LogP contribution in [0.2, 0.25) is 0 Å². The topological polar surface area (TPSA) is 109 Å². The molecule has 0 aliphatic rings. The van der Waals surface area contributed by atoms with E-state index in [0.29, 0.717) is 47.3 Å². The van der Waals surface area contributed by atoms with Gasteiger partial charge in [0, 0.05) is 34.6 Å². The molecule has 2 atom stereocenters. The number of rotatable bonds is 22. The third kappa shape index (κ3) is 15.9. The Balaban J connectivity index is 0.000000236. The second-order valence-corrected chi connectivity index (χ2v) is 27.6. The first-order chi connectivity index (χ1) is 44.0. The van der Waals surface area contributed by atoms with E-state index in [-0.39, 0.29) is 19.5 Å². The summed E-state index contributed by atoms with van der Waals surface area (Å²) < 4.78 is 0. The molecule has 0 saturated carbocycles. The summed E-state index contributed by atoms with van der Waals surface area (Å²) in [6.45, 7) is 40.1. The van der Waals surface area contributed by atoms with Gasteiger partial charge in [-0.3, -0.25) is 20.0 Å². The third-order valence-electron chi connectivity index (χ3n) is 18.2. The molecule has 0 saturated heterocycles. The largest absolute Gasteiger partial charge is 2.00 e. The number of para-hydroxylation sites is 4. The number of hydrogen-bond acceptors (Lipinski definition) is 4. The SMILES string of the molecule is CC(C)c1cccc(C(C)C)c1N=Cc1ccc([C@@](C)(c2ccccc2)c2ccc(C=Nc3c(C(C)C)cccc3C(C)C)[nH]2)[n-]1.CC(C)c1cccc(C(C)C)c1N=Cc1ccc([C@@](C)(c2ccccc2)c2ccc(C=Nc3c(C(C)C)cccc3C(C)C)[nH]2)[n-]1.[Zn+2]. The van der Waals surface area contributed by atoms with Gasteiger partial charge in [0.25, 0.3) is 0 Å². The van der Waals surface area contributed by atoms with Crippen LogP contribution in [0.1, 0.15) is 273 Å². The third-order valence-corrected chi connectivity index (χ3v) is 18.2. The van der Waals surface area contributed by atoms with Crippen LogP contribution in [0, 0.1) is 0 Å². The second kappa shape index (κ2) is 31.1. The monoisotopic (exact) mass is 1280 g/mol. The molecule has 10 aromatic rings. The van der Waals surface area contributed by atoms with Crippen LogP contribution in [0.15, 0.2) is 202 Å². The fourth-order valence-corrected chi connectivity index (χ4v) is 12.6. The molecule has 4 heterocycles. The predicted molar refractivity (Wildman–Crippen MR) is 393 cm³/mol. The molecule has 0 fully saturated rings. The van der Waals surface area contributed by atoms with Crippen LogP contribution < -0.4 is 9.97 Å². The molecule has 8 nitrogen and oxygen atoms in total. The fourth-order valence-electron chi connectivity index (χ4n) is 12.6. The molecule has 0 aliphatic heterocycles. The zero-order valence-corrected chi connectivity index (χ0v) is 61.6. The summed E-state index contributed by atoms with van der Waals surface area (Å²) in [7, 11) is 0. The van der Waals surface area contributed by atoms with E-state index in [2.05, 4.69) is 317 Å². The van der Waals surface area contributed by atoms with Crippen LogP contribution in [0.5, 0.6) is 0 Å². The first-order valence-electron chi connectivity index (χ1n) is 33.5. The van der Waals surface area contributed by atoms with Gasteiger partial charge in [-0.05, 0) is 141 Å². The van der Waals surface area contributed by atoms with Crippen LogP contribution in [0.25, 0.3) is 0 Å². The Kier molecular flexibility index (Phi) is 23.6. The van der Waals surface area contributed by atoms with Gasteiger partial charge in [-0.15, -0.1) is 22.8 Å². The number of H-pyrrole nitrogens is 2. The molecule has 0 spiro atoms. The van der Waals surface area contributed by atoms with E-state index in [0.717, 1.165) is 68.3 Å². The van der Waals surface area contributed by atoms with Crippen LogP contribution in [0.3, 0.4) is 0 Å². The number of nitrogens with zero attached hydrogens (tertiary/aromatic N) is 6. The van der Waals surface area contributed by atoms with Crippen molar-refractivity contribution in [1.82, 2.24) is 19.9 Å². The zero-order valence-electron chi connectivity index (χ0n) is 58.6. The Hall–Kier alpha value is -8.26. The summed E-state index contributed by atoms with van der Waals surface area (Å²) in [5.41, 5.74) is 23.5. The van der Waals surface area contributed by atoms with Crippen LogP contribution in [-0.4, -0.2) is 34.8 Å². The predicted octanol–water partition coefficient (Wildman–Crippen LogP) is 22.6. The Morgan fingerprint density at radius 3 is 0.785 bits per heavy atom. The standard InChI is InChI=1S/2C42H49N4.Zn/c2*1-27(2)34-17-13-18-35(28(3)4)40(34)43-25-32-21-23-38(45-32)42(9,31-15-11-10-12-16-31)39-24-22-33(46-39)26-44-41-36(29(5)6)19-14-20-37(41)30(7)8;/h2*10-30,45H,1-9H3;/q2*-1;+2/t2*42-;/m00./s1. The van der Waals surface area contributed by atoms with Gasteiger partial charge in [0.1, 0.15) is 0 Å². The van der Waals surface area contributed by atoms with Gasteiger partial charge in [0.2, 0.25) is 0 Å². The zero-order chi connectivity index (χ0) is 66.0. The van der Waals surface area contributed by atoms with Crippen LogP contribution in [0.4, 0.5) is 22.7 Å². The van der Waals surface area contributed by atoms with Crippen molar-refractivity contribution in [3.05, 3.63) is 283 Å². The number of aromatic amines is 2. The van der Waals surface area contributed by atoms with Crippen molar-refractivity contribution in [3.63, 3.8) is 0 Å². The van der Waals surface area contributed by atoms with E-state index < -0.39 is 10.8 Å². The Morgan fingerprint density at radius 1 is 0.290 bits per heavy atom. The van der Waals surface area contributed by atoms with E-state index in [1.165, 1.54) is 55.6 Å². The fraction of sp³-hybridized carbons (Fsp3) is 0.333. The molecule has 0 unspecified atom stereocenters. The molecule has 2 N–H and O–H groups in total. The van der Waals surface area contributed by atoms with Gasteiger partial charge in [-0.1, -0.05) is 269 Å². The summed E-state index contributed by atoms with van der Waals surface area (Å²) in [5, 5.41) is 0. The minimum atomic E-state index is -0.503. The first-order valence-corrected chi connectivity index (χ1v) is 33.5. The molecule has 0 bridgehead atoms. The molecule has 4 aromatic heterocycles. The number of aromatic nitrogens is 4. The molecule has 476 valence electrons. The van der Waals surface area contributed by atoms with Crippen molar-refractivity contribution in [1.29, 1.82) is 0 Å². The van der Waals surface area contributed by atoms with Crippen molar-refractivity contribution >= 4 is 47.6 Å². The van der Waals surface area contributed by atoms with Crippen molar-refractivity contribution in [3.8, 4) is 0 Å². The maximum absolute atomic E-state index is 5.16. The summed E-state index contributed by atoms with van der Waals surface area (Å²) in [5.74, 6) is 3.11. The van der Waals surface area contributed by atoms with Crippen molar-refractivity contribution < 1.29 is 19.5 Å². The van der Waals surface area contributed by atoms with Crippen LogP contribution in [-0.2, 0) is 30.3 Å². The molecule has 10 rings (SSSR count). The quantitative estimate of drug-likeness (QED) is 0.0521. The van der Waals surface area contributed by atoms with E-state index >= 15 is 0 Å². The summed E-state index contributed by atoms with van der Waals surface area (Å²) in [6.07, 6.45) is 7.79. The molecule has 0 radical (unpaired) electrons. The van der Waals surface area contributed by atoms with Crippen molar-refractivity contribution in [2.45, 2.75) is 183 Å². The number of nitrogens with one attached hydrogen (secondary N) is 2. The molecule has 0 aliphatic carbocycles. The van der Waals surface area contributed by atoms with Crippen LogP contribution >= 0.6 is 0 Å². The second-order valence-electron chi connectivity index (χ2n) is 27.6. The molecular weight excluding hydrogens is 1190 g/mol. The summed E-state index contributed by atoms with van der Waals surface area (Å²) >= 11 is 0. The molecule has 6 aromatic carbocycles. The van der Waals surface area contributed by atoms with Gasteiger partial charge in [-0.25, -0.2) is 0 Å². The van der Waals surface area contributed by atoms with Gasteiger partial charge >= 0.3 is 19.5 Å². The Morgan fingerprint density at radius 2 is 0.538 bits per heavy atom. The average Bonchev–Trinajstić information content (AvgIpc) is 1.69. The normalized spacial score (nSPS) is 13.5. The van der Waals surface area contributed by atoms with E-state index in [4.69, 9.17) is 29.9 Å². The van der Waals surface area contributed by atoms with E-state index in [1.807, 2.05) is 24.9 Å². The van der Waals surface area contributed by atoms with Gasteiger partial charge in [0.05, 0.1) is 46.6 Å². The number of aliphatic imine (C=N–C) groups is 4. The molecule has 93 heavy (non-hydrogen) atoms. The summed E-state index contributed by atoms with van der Waals surface area (Å²) in [4.78, 5) is 37.9. The summed E-state index contributed by atoms with van der Waals surface area (Å²) in [6, 6.07) is 64.4. The maximum atomic E-state index is 5.16. The van der Waals surface area contributed by atoms with Crippen molar-refractivity contribution in [2.75, 3.05) is 0 Å².